The summed E-state index contributed by atoms with van der Waals surface area (Å²) in [6.07, 6.45) is 0. The standard InChI is InChI=1S/4C12H13.2C2H6Si.4ClH.2Zr/c2*1-8-4-11-6-9(2)10(3)7-12(11)5-8;2*1-8-6-11-9(2)4-5-10(3)12(11)7-8;2*1-3-2;;;;;;/h4*4-7H,1-3H3;2*1-2H3;4*1H;;/q4*-1;;;;;;;2*+2. The molecule has 0 fully saturated rings. The second-order valence-corrected chi connectivity index (χ2v) is 35.1. The number of fused-ring (bicyclic) bond motifs is 4. The minimum Gasteiger partial charge on any atom is -0.165 e. The fourth-order valence-corrected chi connectivity index (χ4v) is 6.76. The number of benzene rings is 4. The molecule has 0 aliphatic rings. The molecule has 8 heteroatoms. The van der Waals surface area contributed by atoms with E-state index in [9.17, 15) is 0 Å². The van der Waals surface area contributed by atoms with Gasteiger partial charge in [-0.2, -0.15) is 24.3 Å². The average molecular weight is 1070 g/mol. The Bertz CT molecular complexity index is 2250. The first-order valence-corrected chi connectivity index (χ1v) is 32.1. The minimum atomic E-state index is 0. The molecule has 8 rings (SSSR count). The molecule has 60 heavy (non-hydrogen) atoms. The van der Waals surface area contributed by atoms with E-state index in [2.05, 4.69) is 206 Å². The third-order valence-electron chi connectivity index (χ3n) is 9.87. The molecule has 8 aromatic rings. The quantitative estimate of drug-likeness (QED) is 0.105. The van der Waals surface area contributed by atoms with E-state index in [1.807, 2.05) is 0 Å². The van der Waals surface area contributed by atoms with Crippen LogP contribution in [-0.4, -0.2) is 10.9 Å². The Morgan fingerprint density at radius 3 is 0.867 bits per heavy atom. The molecular formula is C52H68Cl4Si2Zr2. The van der Waals surface area contributed by atoms with Gasteiger partial charge in [0.05, 0.1) is 0 Å². The maximum absolute atomic E-state index is 2.31. The van der Waals surface area contributed by atoms with Gasteiger partial charge in [-0.25, -0.2) is 0 Å². The summed E-state index contributed by atoms with van der Waals surface area (Å²) in [4.78, 5) is 0. The van der Waals surface area contributed by atoms with E-state index in [-0.39, 0.29) is 60.5 Å². The molecule has 0 atom stereocenters. The van der Waals surface area contributed by atoms with Crippen LogP contribution in [0.4, 0.5) is 0 Å². The summed E-state index contributed by atoms with van der Waals surface area (Å²) in [7, 11) is 0. The van der Waals surface area contributed by atoms with Crippen LogP contribution in [0.3, 0.4) is 0 Å². The first kappa shape index (κ1) is 60.8. The molecule has 0 bridgehead atoms. The zero-order valence-corrected chi connectivity index (χ0v) is 49.1. The Kier molecular flexibility index (Phi) is 28.8. The molecule has 0 saturated heterocycles. The fourth-order valence-electron chi connectivity index (χ4n) is 6.76. The van der Waals surface area contributed by atoms with Crippen LogP contribution >= 0.6 is 49.6 Å². The van der Waals surface area contributed by atoms with Crippen molar-refractivity contribution < 1.29 is 46.7 Å². The molecule has 0 aliphatic heterocycles. The van der Waals surface area contributed by atoms with Crippen LogP contribution in [0.25, 0.3) is 43.1 Å². The van der Waals surface area contributed by atoms with E-state index in [1.165, 1.54) is 110 Å². The number of hydrogen-bond donors (Lipinski definition) is 0. The fraction of sp³-hybridized carbons (Fsp3) is 0.308. The molecule has 0 heterocycles. The topological polar surface area (TPSA) is 0 Å². The summed E-state index contributed by atoms with van der Waals surface area (Å²) in [5.41, 5.74) is 16.9. The van der Waals surface area contributed by atoms with Crippen LogP contribution < -0.4 is 0 Å². The van der Waals surface area contributed by atoms with E-state index < -0.39 is 0 Å². The zero-order valence-electron chi connectivity index (χ0n) is 38.9. The van der Waals surface area contributed by atoms with Crippen molar-refractivity contribution in [2.45, 2.75) is 109 Å². The second kappa shape index (κ2) is 28.5. The van der Waals surface area contributed by atoms with Crippen LogP contribution in [0.1, 0.15) is 66.8 Å². The predicted molar refractivity (Wildman–Crippen MR) is 279 cm³/mol. The van der Waals surface area contributed by atoms with Crippen molar-refractivity contribution in [1.82, 2.24) is 0 Å². The molecule has 0 saturated carbocycles. The zero-order chi connectivity index (χ0) is 42.0. The van der Waals surface area contributed by atoms with Gasteiger partial charge in [0, 0.05) is 0 Å². The molecule has 0 spiro atoms. The summed E-state index contributed by atoms with van der Waals surface area (Å²) in [6, 6.07) is 35.8. The van der Waals surface area contributed by atoms with Crippen molar-refractivity contribution >= 4 is 104 Å². The molecule has 320 valence electrons. The summed E-state index contributed by atoms with van der Waals surface area (Å²) < 4.78 is 0. The van der Waals surface area contributed by atoms with Gasteiger partial charge in [-0.3, -0.25) is 0 Å². The van der Waals surface area contributed by atoms with Gasteiger partial charge in [0.2, 0.25) is 0 Å². The maximum atomic E-state index is 2.31. The van der Waals surface area contributed by atoms with E-state index >= 15 is 0 Å². The van der Waals surface area contributed by atoms with Gasteiger partial charge in [0.15, 0.2) is 0 Å². The normalized spacial score (nSPS) is 9.67. The van der Waals surface area contributed by atoms with Crippen molar-refractivity contribution in [1.29, 1.82) is 0 Å². The maximum Gasteiger partial charge on any atom is -0.0411 e. The van der Waals surface area contributed by atoms with Gasteiger partial charge in [-0.1, -0.05) is 87.1 Å². The van der Waals surface area contributed by atoms with E-state index in [0.717, 1.165) is 0 Å². The smallest absolute Gasteiger partial charge is 0.0411 e. The summed E-state index contributed by atoms with van der Waals surface area (Å²) in [6.45, 7) is 35.2. The second-order valence-electron chi connectivity index (χ2n) is 16.3. The number of rotatable bonds is 0. The minimum absolute atomic E-state index is 0. The van der Waals surface area contributed by atoms with Crippen molar-refractivity contribution in [3.8, 4) is 0 Å². The van der Waals surface area contributed by atoms with Gasteiger partial charge in [-0.15, -0.1) is 187 Å². The van der Waals surface area contributed by atoms with Crippen LogP contribution in [0.15, 0.2) is 97.1 Å². The largest absolute Gasteiger partial charge is 0.165 e. The number of aryl methyl sites for hydroxylation is 12. The van der Waals surface area contributed by atoms with Gasteiger partial charge < -0.3 is 0 Å². The molecule has 0 N–H and O–H groups in total. The first-order valence-electron chi connectivity index (χ1n) is 19.7. The molecular weight excluding hydrogens is 1010 g/mol. The van der Waals surface area contributed by atoms with Gasteiger partial charge in [0.1, 0.15) is 0 Å². The Hall–Kier alpha value is -1.32. The molecule has 8 aromatic carbocycles. The Balaban J connectivity index is 0. The van der Waals surface area contributed by atoms with Gasteiger partial charge >= 0.3 is 83.7 Å². The van der Waals surface area contributed by atoms with Crippen molar-refractivity contribution in [3.05, 3.63) is 164 Å². The third-order valence-corrected chi connectivity index (χ3v) is 9.87. The van der Waals surface area contributed by atoms with Crippen molar-refractivity contribution in [3.63, 3.8) is 0 Å². The molecule has 0 unspecified atom stereocenters. The summed E-state index contributed by atoms with van der Waals surface area (Å²) in [5, 5.41) is 11.1. The SMILES string of the molecule is C[Si](C)=[Zr+2].C[Si](C)=[Zr+2].Cc1cc2c(C)ccc(C)c2[cH-]1.Cc1cc2c(C)ccc(C)c2[cH-]1.Cc1cc2cc(C)c(C)cc2[cH-]1.Cc1cc2cc(C)c(C)cc2[cH-]1.Cl.Cl.Cl.Cl. The molecule has 0 amide bonds. The monoisotopic (exact) mass is 1070 g/mol. The number of halogens is 4. The van der Waals surface area contributed by atoms with Crippen molar-refractivity contribution in [2.24, 2.45) is 0 Å². The summed E-state index contributed by atoms with van der Waals surface area (Å²) in [5.74, 6) is 0. The molecule has 0 aliphatic carbocycles. The van der Waals surface area contributed by atoms with E-state index in [1.54, 1.807) is 46.7 Å². The van der Waals surface area contributed by atoms with Crippen LogP contribution in [-0.2, 0) is 46.7 Å². The van der Waals surface area contributed by atoms with Crippen molar-refractivity contribution in [2.75, 3.05) is 0 Å². The predicted octanol–water partition coefficient (Wildman–Crippen LogP) is 17.2. The Morgan fingerprint density at radius 1 is 0.333 bits per heavy atom. The van der Waals surface area contributed by atoms with Crippen LogP contribution in [0, 0.1) is 83.1 Å². The molecule has 0 nitrogen and oxygen atoms in total. The van der Waals surface area contributed by atoms with E-state index in [4.69, 9.17) is 0 Å². The van der Waals surface area contributed by atoms with E-state index in [0.29, 0.717) is 0 Å². The molecule has 0 aromatic heterocycles. The molecule has 0 radical (unpaired) electrons. The third kappa shape index (κ3) is 18.8. The Labute approximate surface area is 419 Å². The number of hydrogen-bond acceptors (Lipinski definition) is 0. The first-order chi connectivity index (χ1) is 26.2. The van der Waals surface area contributed by atoms with Gasteiger partial charge in [0.25, 0.3) is 0 Å². The summed E-state index contributed by atoms with van der Waals surface area (Å²) >= 11 is 3.48. The Morgan fingerprint density at radius 2 is 0.583 bits per heavy atom. The van der Waals surface area contributed by atoms with Crippen LogP contribution in [0.2, 0.25) is 26.2 Å². The average Bonchev–Trinajstić information content (AvgIpc) is 3.87. The van der Waals surface area contributed by atoms with Crippen LogP contribution in [0.5, 0.6) is 0 Å². The van der Waals surface area contributed by atoms with Gasteiger partial charge in [-0.05, 0) is 41.5 Å².